The summed E-state index contributed by atoms with van der Waals surface area (Å²) in [6.07, 6.45) is 75.4. The third-order valence-corrected chi connectivity index (χ3v) is 24.0. The minimum absolute atomic E-state index is 0.238. The summed E-state index contributed by atoms with van der Waals surface area (Å²) in [4.78, 5) is 13.5. The monoisotopic (exact) mass is 1650 g/mol. The van der Waals surface area contributed by atoms with Crippen LogP contribution >= 0.6 is 0 Å². The summed E-state index contributed by atoms with van der Waals surface area (Å²) in [5, 5.41) is 121. The molecular weight excluding hydrogens is 1470 g/mol. The van der Waals surface area contributed by atoms with Crippen LogP contribution in [0.15, 0.2) is 60.8 Å². The van der Waals surface area contributed by atoms with Gasteiger partial charge in [-0.2, -0.15) is 0 Å². The maximum absolute atomic E-state index is 13.5. The van der Waals surface area contributed by atoms with Gasteiger partial charge in [0.1, 0.15) is 73.2 Å². The first-order valence-electron chi connectivity index (χ1n) is 48.5. The molecule has 3 aliphatic rings. The lowest BCUT2D eigenvalue weighted by molar-refractivity contribution is -0.379. The van der Waals surface area contributed by atoms with Crippen LogP contribution in [0, 0.1) is 0 Å². The predicted octanol–water partition coefficient (Wildman–Crippen LogP) is 19.7. The number of aliphatic hydroxyl groups excluding tert-OH is 11. The lowest BCUT2D eigenvalue weighted by Gasteiger charge is -2.48. The Kier molecular flexibility index (Phi) is 70.7. The van der Waals surface area contributed by atoms with E-state index in [0.29, 0.717) is 12.8 Å². The molecule has 17 unspecified atom stereocenters. The van der Waals surface area contributed by atoms with Crippen LogP contribution in [-0.4, -0.2) is 193 Å². The molecule has 0 aliphatic carbocycles. The summed E-state index contributed by atoms with van der Waals surface area (Å²) < 4.78 is 34.5. The number of nitrogens with one attached hydrogen (secondary N) is 1. The van der Waals surface area contributed by atoms with Crippen molar-refractivity contribution in [3.8, 4) is 0 Å². The minimum Gasteiger partial charge on any atom is -0.394 e. The Bertz CT molecular complexity index is 2320. The zero-order valence-corrected chi connectivity index (χ0v) is 73.7. The van der Waals surface area contributed by atoms with Crippen molar-refractivity contribution in [1.29, 1.82) is 0 Å². The van der Waals surface area contributed by atoms with Crippen LogP contribution in [0.25, 0.3) is 0 Å². The third kappa shape index (κ3) is 53.5. The molecule has 0 bridgehead atoms. The predicted molar refractivity (Wildman–Crippen MR) is 471 cm³/mol. The van der Waals surface area contributed by atoms with E-state index >= 15 is 0 Å². The Hall–Kier alpha value is -2.51. The van der Waals surface area contributed by atoms with E-state index in [2.05, 4.69) is 67.8 Å². The maximum Gasteiger partial charge on any atom is 0.220 e. The highest BCUT2D eigenvalue weighted by Gasteiger charge is 2.54. The van der Waals surface area contributed by atoms with Crippen molar-refractivity contribution >= 4 is 5.91 Å². The molecule has 3 heterocycles. The Morgan fingerprint density at radius 3 is 0.922 bits per heavy atom. The molecular formula is C97H179NO18. The van der Waals surface area contributed by atoms with Crippen LogP contribution < -0.4 is 5.32 Å². The first kappa shape index (κ1) is 108. The van der Waals surface area contributed by atoms with E-state index in [1.807, 2.05) is 6.08 Å². The van der Waals surface area contributed by atoms with Crippen molar-refractivity contribution in [3.63, 3.8) is 0 Å². The highest BCUT2D eigenvalue weighted by atomic mass is 16.8. The molecule has 19 nitrogen and oxygen atoms in total. The molecule has 3 aliphatic heterocycles. The molecule has 680 valence electrons. The zero-order chi connectivity index (χ0) is 83.8. The number of carbonyl (C=O) groups excluding carboxylic acids is 1. The molecule has 0 spiro atoms. The van der Waals surface area contributed by atoms with E-state index in [-0.39, 0.29) is 18.9 Å². The summed E-state index contributed by atoms with van der Waals surface area (Å²) >= 11 is 0. The summed E-state index contributed by atoms with van der Waals surface area (Å²) in [5.41, 5.74) is 0. The molecule has 116 heavy (non-hydrogen) atoms. The number of rotatable bonds is 80. The third-order valence-electron chi connectivity index (χ3n) is 24.0. The van der Waals surface area contributed by atoms with Gasteiger partial charge in [-0.25, -0.2) is 0 Å². The first-order chi connectivity index (χ1) is 56.8. The summed E-state index contributed by atoms with van der Waals surface area (Å²) in [5.74, 6) is -0.277. The van der Waals surface area contributed by atoms with Crippen LogP contribution in [0.4, 0.5) is 0 Å². The van der Waals surface area contributed by atoms with E-state index in [4.69, 9.17) is 28.4 Å². The van der Waals surface area contributed by atoms with Crippen LogP contribution in [0.3, 0.4) is 0 Å². The van der Waals surface area contributed by atoms with Gasteiger partial charge in [-0.05, 0) is 70.6 Å². The molecule has 12 N–H and O–H groups in total. The van der Waals surface area contributed by atoms with Crippen LogP contribution in [-0.2, 0) is 33.2 Å². The number of allylic oxidation sites excluding steroid dienone is 9. The van der Waals surface area contributed by atoms with E-state index < -0.39 is 124 Å². The van der Waals surface area contributed by atoms with Gasteiger partial charge in [-0.1, -0.05) is 402 Å². The lowest BCUT2D eigenvalue weighted by Crippen LogP contribution is -2.66. The van der Waals surface area contributed by atoms with Crippen LogP contribution in [0.1, 0.15) is 418 Å². The van der Waals surface area contributed by atoms with Crippen molar-refractivity contribution in [1.82, 2.24) is 5.32 Å². The number of amides is 1. The average Bonchev–Trinajstić information content (AvgIpc) is 0.779. The quantitative estimate of drug-likeness (QED) is 0.0199. The maximum atomic E-state index is 13.5. The summed E-state index contributed by atoms with van der Waals surface area (Å²) in [6.45, 7) is 1.77. The van der Waals surface area contributed by atoms with E-state index in [1.54, 1.807) is 6.08 Å². The summed E-state index contributed by atoms with van der Waals surface area (Å²) in [6, 6.07) is -0.993. The van der Waals surface area contributed by atoms with Crippen LogP contribution in [0.5, 0.6) is 0 Å². The van der Waals surface area contributed by atoms with Gasteiger partial charge >= 0.3 is 0 Å². The first-order valence-corrected chi connectivity index (χ1v) is 48.5. The van der Waals surface area contributed by atoms with Gasteiger partial charge < -0.3 is 89.9 Å². The number of hydrogen-bond acceptors (Lipinski definition) is 18. The molecule has 3 saturated heterocycles. The number of carbonyl (C=O) groups is 1. The molecule has 0 aromatic rings. The van der Waals surface area contributed by atoms with Gasteiger partial charge in [-0.15, -0.1) is 0 Å². The smallest absolute Gasteiger partial charge is 0.220 e. The number of hydrogen-bond donors (Lipinski definition) is 12. The number of aliphatic hydroxyl groups is 11. The number of ether oxygens (including phenoxy) is 6. The topological polar surface area (TPSA) is 307 Å². The van der Waals surface area contributed by atoms with Gasteiger partial charge in [0.05, 0.1) is 38.6 Å². The van der Waals surface area contributed by atoms with Gasteiger partial charge in [0.25, 0.3) is 0 Å². The van der Waals surface area contributed by atoms with Crippen LogP contribution in [0.2, 0.25) is 0 Å². The van der Waals surface area contributed by atoms with Crippen molar-refractivity contribution in [2.45, 2.75) is 523 Å². The minimum atomic E-state index is -1.98. The fourth-order valence-corrected chi connectivity index (χ4v) is 16.3. The Morgan fingerprint density at radius 1 is 0.310 bits per heavy atom. The highest BCUT2D eigenvalue weighted by molar-refractivity contribution is 5.76. The molecule has 0 radical (unpaired) electrons. The SMILES string of the molecule is CCCCCCC/C=C\C/C=C\C/C=C\CCCCCCCCCCCCCCCCCCCCCCCCCCC(=O)NC(COC1OC(CO)C(OC2OC(CO)C(OC3OC(CO)C(O)C(O)C3O)C(O)C2O)C(O)C1O)C(O)/C=C/CC/C=C/CCCCCCCCCCCCCCCCCCCCCCCCCCCC. The molecule has 19 heteroatoms. The molecule has 1 amide bonds. The summed E-state index contributed by atoms with van der Waals surface area (Å²) in [7, 11) is 0. The Morgan fingerprint density at radius 2 is 0.578 bits per heavy atom. The van der Waals surface area contributed by atoms with Crippen molar-refractivity contribution in [2.24, 2.45) is 0 Å². The van der Waals surface area contributed by atoms with E-state index in [0.717, 1.165) is 51.4 Å². The second-order valence-corrected chi connectivity index (χ2v) is 34.5. The molecule has 0 saturated carbocycles. The van der Waals surface area contributed by atoms with Gasteiger partial charge in [0, 0.05) is 6.42 Å². The zero-order valence-electron chi connectivity index (χ0n) is 73.7. The second kappa shape index (κ2) is 76.2. The molecule has 17 atom stereocenters. The molecule has 3 fully saturated rings. The van der Waals surface area contributed by atoms with Gasteiger partial charge in [-0.3, -0.25) is 4.79 Å². The van der Waals surface area contributed by atoms with Crippen molar-refractivity contribution in [2.75, 3.05) is 26.4 Å². The Balaban J connectivity index is 1.30. The van der Waals surface area contributed by atoms with E-state index in [1.165, 1.54) is 334 Å². The number of unbranched alkanes of at least 4 members (excludes halogenated alkanes) is 56. The molecule has 0 aromatic carbocycles. The Labute approximate surface area is 706 Å². The molecule has 3 rings (SSSR count). The van der Waals surface area contributed by atoms with Gasteiger partial charge in [0.15, 0.2) is 18.9 Å². The average molecular weight is 1650 g/mol. The van der Waals surface area contributed by atoms with Crippen molar-refractivity contribution < 1.29 is 89.4 Å². The van der Waals surface area contributed by atoms with Gasteiger partial charge in [0.2, 0.25) is 5.91 Å². The largest absolute Gasteiger partial charge is 0.394 e. The molecule has 0 aromatic heterocycles. The second-order valence-electron chi connectivity index (χ2n) is 34.5. The fourth-order valence-electron chi connectivity index (χ4n) is 16.3. The fraction of sp³-hybridized carbons (Fsp3) is 0.887. The van der Waals surface area contributed by atoms with E-state index in [9.17, 15) is 61.0 Å². The normalized spacial score (nSPS) is 24.7. The lowest BCUT2D eigenvalue weighted by atomic mass is 9.96. The van der Waals surface area contributed by atoms with Crippen molar-refractivity contribution in [3.05, 3.63) is 60.8 Å². The highest BCUT2D eigenvalue weighted by Crippen LogP contribution is 2.34. The standard InChI is InChI=1S/C97H179NO18/c1-3-5-7-9-11-13-15-17-19-21-23-25-27-29-31-33-35-37-38-39-40-41-42-43-45-47-49-51-53-55-57-59-61-63-65-67-69-71-73-75-85(103)98-80(81(102)74-72-70-68-66-64-62-60-58-56-54-52-50-48-46-44-36-34-32-30-28-26-24-22-20-18-16-14-12-10-8-6-4-2)79-111-95-91(109)88(106)93(83(77-100)113-95)116-97-92(110)89(107)94(84(78-101)114-97)115-96-90(108)87(105)86(104)82(76-99)112-96/h15,17,21,23,27,29,64,66,72,74,80-84,86-97,99-102,104-110H,3-14,16,18-20,22,24-26,28,30-63,65,67-71,73,75-79H2,1-2H3,(H,98,103)/b17-15-,23-21-,29-27-,66-64+,74-72+.